The fourth-order valence-electron chi connectivity index (χ4n) is 2.63. The van der Waals surface area contributed by atoms with E-state index in [1.54, 1.807) is 12.1 Å². The molecule has 2 atom stereocenters. The maximum Gasteiger partial charge on any atom is 0.124 e. The summed E-state index contributed by atoms with van der Waals surface area (Å²) in [6.07, 6.45) is 3.19. The second-order valence-electron chi connectivity index (χ2n) is 4.93. The van der Waals surface area contributed by atoms with Gasteiger partial charge >= 0.3 is 0 Å². The van der Waals surface area contributed by atoms with Gasteiger partial charge in [-0.2, -0.15) is 0 Å². The van der Waals surface area contributed by atoms with Crippen LogP contribution in [0.15, 0.2) is 18.2 Å². The molecule has 2 aliphatic heterocycles. The van der Waals surface area contributed by atoms with E-state index in [2.05, 4.69) is 5.32 Å². The van der Waals surface area contributed by atoms with Crippen molar-refractivity contribution in [3.8, 4) is 5.75 Å². The molecule has 1 unspecified atom stereocenters. The molecule has 2 fully saturated rings. The molecular weight excluding hydrogens is 269 g/mol. The van der Waals surface area contributed by atoms with Gasteiger partial charge < -0.3 is 14.8 Å². The van der Waals surface area contributed by atoms with Gasteiger partial charge in [-0.15, -0.1) is 12.4 Å². The van der Waals surface area contributed by atoms with Crippen LogP contribution in [0.4, 0.5) is 4.39 Å². The molecule has 0 spiro atoms. The smallest absolute Gasteiger partial charge is 0.124 e. The van der Waals surface area contributed by atoms with Crippen LogP contribution >= 0.6 is 12.4 Å². The van der Waals surface area contributed by atoms with E-state index in [0.717, 1.165) is 43.7 Å². The Balaban J connectivity index is 0.00000133. The van der Waals surface area contributed by atoms with Gasteiger partial charge in [-0.05, 0) is 37.6 Å². The fourth-order valence-corrected chi connectivity index (χ4v) is 2.63. The van der Waals surface area contributed by atoms with Gasteiger partial charge in [0.25, 0.3) is 0 Å². The van der Waals surface area contributed by atoms with E-state index >= 15 is 0 Å². The van der Waals surface area contributed by atoms with E-state index in [0.29, 0.717) is 6.61 Å². The lowest BCUT2D eigenvalue weighted by Gasteiger charge is -2.19. The van der Waals surface area contributed by atoms with Crippen LogP contribution in [0.1, 0.15) is 30.9 Å². The highest BCUT2D eigenvalue weighted by Crippen LogP contribution is 2.32. The van der Waals surface area contributed by atoms with Gasteiger partial charge in [-0.25, -0.2) is 4.39 Å². The third-order valence-electron chi connectivity index (χ3n) is 3.59. The lowest BCUT2D eigenvalue weighted by atomic mass is 10.0. The summed E-state index contributed by atoms with van der Waals surface area (Å²) in [6, 6.07) is 5.01. The lowest BCUT2D eigenvalue weighted by molar-refractivity contribution is 0.140. The van der Waals surface area contributed by atoms with Crippen molar-refractivity contribution in [3.05, 3.63) is 29.6 Å². The summed E-state index contributed by atoms with van der Waals surface area (Å²) in [5.74, 6) is 0.597. The van der Waals surface area contributed by atoms with Crippen LogP contribution in [-0.2, 0) is 4.74 Å². The van der Waals surface area contributed by atoms with Crippen LogP contribution in [0.3, 0.4) is 0 Å². The molecule has 1 aromatic rings. The zero-order valence-corrected chi connectivity index (χ0v) is 11.5. The molecule has 0 aliphatic carbocycles. The summed E-state index contributed by atoms with van der Waals surface area (Å²) in [6.45, 7) is 2.38. The molecule has 1 N–H and O–H groups in total. The van der Waals surface area contributed by atoms with E-state index in [1.165, 1.54) is 6.07 Å². The first-order valence-electron chi connectivity index (χ1n) is 6.60. The molecule has 2 saturated heterocycles. The summed E-state index contributed by atoms with van der Waals surface area (Å²) >= 11 is 0. The van der Waals surface area contributed by atoms with Crippen LogP contribution < -0.4 is 10.1 Å². The van der Waals surface area contributed by atoms with Crippen LogP contribution in [0.2, 0.25) is 0 Å². The third kappa shape index (κ3) is 3.38. The second-order valence-corrected chi connectivity index (χ2v) is 4.93. The van der Waals surface area contributed by atoms with E-state index in [-0.39, 0.29) is 30.4 Å². The summed E-state index contributed by atoms with van der Waals surface area (Å²) in [7, 11) is 0. The first kappa shape index (κ1) is 14.6. The minimum Gasteiger partial charge on any atom is -0.488 e. The highest BCUT2D eigenvalue weighted by molar-refractivity contribution is 5.85. The Morgan fingerprint density at radius 2 is 2.21 bits per heavy atom. The third-order valence-corrected chi connectivity index (χ3v) is 3.59. The van der Waals surface area contributed by atoms with Gasteiger partial charge in [-0.3, -0.25) is 0 Å². The van der Waals surface area contributed by atoms with Crippen molar-refractivity contribution in [2.24, 2.45) is 0 Å². The molecule has 0 amide bonds. The van der Waals surface area contributed by atoms with E-state index in [4.69, 9.17) is 9.47 Å². The minimum absolute atomic E-state index is 0. The molecule has 19 heavy (non-hydrogen) atoms. The monoisotopic (exact) mass is 287 g/mol. The maximum atomic E-state index is 13.4. The Kier molecular flexibility index (Phi) is 5.02. The Morgan fingerprint density at radius 1 is 1.32 bits per heavy atom. The molecule has 5 heteroatoms. The van der Waals surface area contributed by atoms with Crippen LogP contribution in [0, 0.1) is 5.82 Å². The summed E-state index contributed by atoms with van der Waals surface area (Å²) in [4.78, 5) is 0. The van der Waals surface area contributed by atoms with Crippen molar-refractivity contribution in [3.63, 3.8) is 0 Å². The summed E-state index contributed by atoms with van der Waals surface area (Å²) in [5, 5.41) is 3.39. The average Bonchev–Trinajstić information content (AvgIpc) is 3.04. The SMILES string of the molecule is Cl.Fc1ccc(O[C@@H]2CCOC2)c(C2CCCN2)c1. The van der Waals surface area contributed by atoms with Crippen LogP contribution in [-0.4, -0.2) is 25.9 Å². The lowest BCUT2D eigenvalue weighted by Crippen LogP contribution is -2.19. The van der Waals surface area contributed by atoms with Crippen molar-refractivity contribution in [2.75, 3.05) is 19.8 Å². The molecule has 0 bridgehead atoms. The van der Waals surface area contributed by atoms with Crippen LogP contribution in [0.25, 0.3) is 0 Å². The van der Waals surface area contributed by atoms with E-state index < -0.39 is 0 Å². The number of rotatable bonds is 3. The topological polar surface area (TPSA) is 30.5 Å². The maximum absolute atomic E-state index is 13.4. The van der Waals surface area contributed by atoms with Gasteiger partial charge in [0.2, 0.25) is 0 Å². The molecule has 106 valence electrons. The first-order chi connectivity index (χ1) is 8.83. The number of ether oxygens (including phenoxy) is 2. The van der Waals surface area contributed by atoms with Crippen molar-refractivity contribution in [1.82, 2.24) is 5.32 Å². The molecule has 3 rings (SSSR count). The second kappa shape index (κ2) is 6.55. The number of hydrogen-bond donors (Lipinski definition) is 1. The Bertz CT molecular complexity index is 418. The predicted molar refractivity (Wildman–Crippen MR) is 73.5 cm³/mol. The molecule has 0 radical (unpaired) electrons. The number of halogens is 2. The Labute approximate surface area is 118 Å². The highest BCUT2D eigenvalue weighted by Gasteiger charge is 2.23. The number of nitrogens with one attached hydrogen (secondary N) is 1. The predicted octanol–water partition coefficient (Wildman–Crippen LogP) is 2.84. The first-order valence-corrected chi connectivity index (χ1v) is 6.60. The minimum atomic E-state index is -0.200. The highest BCUT2D eigenvalue weighted by atomic mass is 35.5. The largest absolute Gasteiger partial charge is 0.488 e. The molecule has 0 saturated carbocycles. The zero-order valence-electron chi connectivity index (χ0n) is 10.7. The van der Waals surface area contributed by atoms with Gasteiger partial charge in [-0.1, -0.05) is 0 Å². The van der Waals surface area contributed by atoms with Crippen molar-refractivity contribution >= 4 is 12.4 Å². The summed E-state index contributed by atoms with van der Waals surface area (Å²) < 4.78 is 24.7. The van der Waals surface area contributed by atoms with Crippen molar-refractivity contribution < 1.29 is 13.9 Å². The van der Waals surface area contributed by atoms with Crippen molar-refractivity contribution in [1.29, 1.82) is 0 Å². The Hall–Kier alpha value is -0.840. The number of benzene rings is 1. The fraction of sp³-hybridized carbons (Fsp3) is 0.571. The molecule has 3 nitrogen and oxygen atoms in total. The Morgan fingerprint density at radius 3 is 2.89 bits per heavy atom. The quantitative estimate of drug-likeness (QED) is 0.927. The molecule has 2 aliphatic rings. The molecule has 1 aromatic carbocycles. The molecule has 2 heterocycles. The summed E-state index contributed by atoms with van der Waals surface area (Å²) in [5.41, 5.74) is 0.944. The van der Waals surface area contributed by atoms with Gasteiger partial charge in [0.15, 0.2) is 0 Å². The van der Waals surface area contributed by atoms with E-state index in [9.17, 15) is 4.39 Å². The number of hydrogen-bond acceptors (Lipinski definition) is 3. The average molecular weight is 288 g/mol. The molecule has 0 aromatic heterocycles. The van der Waals surface area contributed by atoms with E-state index in [1.807, 2.05) is 0 Å². The zero-order chi connectivity index (χ0) is 12.4. The van der Waals surface area contributed by atoms with Crippen molar-refractivity contribution in [2.45, 2.75) is 31.4 Å². The molecular formula is C14H19ClFNO2. The van der Waals surface area contributed by atoms with Gasteiger partial charge in [0.1, 0.15) is 17.7 Å². The van der Waals surface area contributed by atoms with Gasteiger partial charge in [0.05, 0.1) is 13.2 Å². The normalized spacial score (nSPS) is 26.2. The standard InChI is InChI=1S/C14H18FNO2.ClH/c15-10-3-4-14(18-11-5-7-17-9-11)12(8-10)13-2-1-6-16-13;/h3-4,8,11,13,16H,1-2,5-7,9H2;1H/t11-,13?;/m1./s1. The van der Waals surface area contributed by atoms with Gasteiger partial charge in [0, 0.05) is 18.0 Å². The van der Waals surface area contributed by atoms with Crippen LogP contribution in [0.5, 0.6) is 5.75 Å².